The van der Waals surface area contributed by atoms with Crippen molar-refractivity contribution >= 4 is 39.4 Å². The predicted octanol–water partition coefficient (Wildman–Crippen LogP) is 3.44. The maximum Gasteiger partial charge on any atom is 0.573 e. The lowest BCUT2D eigenvalue weighted by Crippen LogP contribution is -2.50. The highest BCUT2D eigenvalue weighted by molar-refractivity contribution is 7.92. The SMILES string of the molecule is Cc1cc(N(C)C(=O)CN(C)C)cc(C)c1/C=C/S(=O)(=O)N1CCC2(CC1)N=C(c1cccc(OC(F)(F)F)c1)NC2=O. The van der Waals surface area contributed by atoms with Crippen LogP contribution in [0.2, 0.25) is 0 Å². The molecule has 10 nitrogen and oxygen atoms in total. The number of aliphatic imine (C=N–C) groups is 1. The Morgan fingerprint density at radius 3 is 2.33 bits per heavy atom. The zero-order valence-corrected chi connectivity index (χ0v) is 25.3. The van der Waals surface area contributed by atoms with Gasteiger partial charge in [-0.05, 0) is 87.8 Å². The van der Waals surface area contributed by atoms with E-state index in [4.69, 9.17) is 0 Å². The molecule has 2 aromatic carbocycles. The van der Waals surface area contributed by atoms with E-state index in [1.54, 1.807) is 16.8 Å². The summed E-state index contributed by atoms with van der Waals surface area (Å²) in [7, 11) is 1.48. The molecule has 232 valence electrons. The molecule has 0 unspecified atom stereocenters. The number of nitrogens with zero attached hydrogens (tertiary/aromatic N) is 4. The highest BCUT2D eigenvalue weighted by atomic mass is 32.2. The number of ether oxygens (including phenoxy) is 1. The maximum atomic E-state index is 13.2. The molecule has 0 aromatic heterocycles. The van der Waals surface area contributed by atoms with E-state index in [1.165, 1.54) is 22.5 Å². The highest BCUT2D eigenvalue weighted by Gasteiger charge is 2.47. The lowest BCUT2D eigenvalue weighted by Gasteiger charge is -2.34. The molecule has 2 aliphatic rings. The van der Waals surface area contributed by atoms with Crippen molar-refractivity contribution in [3.8, 4) is 5.75 Å². The van der Waals surface area contributed by atoms with Crippen LogP contribution in [0.25, 0.3) is 6.08 Å². The topological polar surface area (TPSA) is 112 Å². The van der Waals surface area contributed by atoms with Crippen LogP contribution in [0.1, 0.15) is 35.1 Å². The molecule has 1 fully saturated rings. The second-order valence-electron chi connectivity index (χ2n) is 11.0. The number of hydrogen-bond donors (Lipinski definition) is 1. The average Bonchev–Trinajstić information content (AvgIpc) is 3.21. The maximum absolute atomic E-state index is 13.2. The third-order valence-electron chi connectivity index (χ3n) is 7.43. The van der Waals surface area contributed by atoms with Gasteiger partial charge in [-0.2, -0.15) is 4.31 Å². The van der Waals surface area contributed by atoms with Crippen molar-refractivity contribution in [2.45, 2.75) is 38.6 Å². The van der Waals surface area contributed by atoms with Gasteiger partial charge >= 0.3 is 6.36 Å². The van der Waals surface area contributed by atoms with Crippen LogP contribution in [0.4, 0.5) is 18.9 Å². The number of benzene rings is 2. The predicted molar refractivity (Wildman–Crippen MR) is 157 cm³/mol. The average molecular weight is 622 g/mol. The number of sulfonamides is 1. The van der Waals surface area contributed by atoms with E-state index < -0.39 is 33.6 Å². The molecule has 0 atom stereocenters. The van der Waals surface area contributed by atoms with Crippen LogP contribution < -0.4 is 15.0 Å². The van der Waals surface area contributed by atoms with Crippen molar-refractivity contribution in [3.63, 3.8) is 0 Å². The van der Waals surface area contributed by atoms with Gasteiger partial charge in [0.2, 0.25) is 15.9 Å². The highest BCUT2D eigenvalue weighted by Crippen LogP contribution is 2.33. The van der Waals surface area contributed by atoms with Gasteiger partial charge in [-0.25, -0.2) is 8.42 Å². The third-order valence-corrected chi connectivity index (χ3v) is 8.99. The minimum absolute atomic E-state index is 0.0315. The number of rotatable bonds is 8. The van der Waals surface area contributed by atoms with Crippen molar-refractivity contribution in [3.05, 3.63) is 64.1 Å². The fourth-order valence-electron chi connectivity index (χ4n) is 5.11. The molecule has 2 amide bonds. The molecular weight excluding hydrogens is 587 g/mol. The van der Waals surface area contributed by atoms with Gasteiger partial charge in [0.1, 0.15) is 17.1 Å². The summed E-state index contributed by atoms with van der Waals surface area (Å²) < 4.78 is 69.6. The minimum atomic E-state index is -4.86. The summed E-state index contributed by atoms with van der Waals surface area (Å²) >= 11 is 0. The standard InChI is InChI=1S/C29H34F3N5O5S/c1-19-15-22(36(5)25(38)18-35(3)4)16-20(2)24(19)9-14-43(40,41)37-12-10-28(11-13-37)27(39)33-26(34-28)21-7-6-8-23(17-21)42-29(30,31)32/h6-9,14-17H,10-13,18H2,1-5H3,(H,33,34,39)/b14-9+. The van der Waals surface area contributed by atoms with Gasteiger partial charge in [0.25, 0.3) is 5.91 Å². The Kier molecular flexibility index (Phi) is 9.05. The number of carbonyl (C=O) groups excluding carboxylic acids is 2. The first-order valence-electron chi connectivity index (χ1n) is 13.5. The Balaban J connectivity index is 1.46. The number of carbonyl (C=O) groups is 2. The molecule has 14 heteroatoms. The zero-order valence-electron chi connectivity index (χ0n) is 24.5. The van der Waals surface area contributed by atoms with Crippen LogP contribution in [-0.2, 0) is 19.6 Å². The molecule has 4 rings (SSSR count). The van der Waals surface area contributed by atoms with E-state index in [9.17, 15) is 31.2 Å². The molecule has 2 aliphatic heterocycles. The van der Waals surface area contributed by atoms with Crippen molar-refractivity contribution in [2.75, 3.05) is 45.7 Å². The summed E-state index contributed by atoms with van der Waals surface area (Å²) in [5, 5.41) is 3.76. The second kappa shape index (κ2) is 12.1. The van der Waals surface area contributed by atoms with Gasteiger partial charge in [0.05, 0.1) is 6.54 Å². The number of aryl methyl sites for hydroxylation is 2. The third kappa shape index (κ3) is 7.43. The molecule has 0 radical (unpaired) electrons. The van der Waals surface area contributed by atoms with Gasteiger partial charge in [-0.15, -0.1) is 13.2 Å². The molecule has 1 N–H and O–H groups in total. The summed E-state index contributed by atoms with van der Waals surface area (Å²) in [5.74, 6) is -0.843. The normalized spacial score (nSPS) is 17.4. The van der Waals surface area contributed by atoms with Crippen LogP contribution in [-0.4, -0.2) is 88.0 Å². The number of halogens is 3. The number of anilines is 1. The van der Waals surface area contributed by atoms with Crippen LogP contribution >= 0.6 is 0 Å². The molecular formula is C29H34F3N5O5S. The smallest absolute Gasteiger partial charge is 0.406 e. The molecule has 0 bridgehead atoms. The molecule has 43 heavy (non-hydrogen) atoms. The summed E-state index contributed by atoms with van der Waals surface area (Å²) in [6.07, 6.45) is -3.12. The van der Waals surface area contributed by atoms with Crippen LogP contribution in [0.15, 0.2) is 46.8 Å². The van der Waals surface area contributed by atoms with E-state index in [2.05, 4.69) is 15.0 Å². The molecule has 1 spiro atoms. The Morgan fingerprint density at radius 2 is 1.74 bits per heavy atom. The van der Waals surface area contributed by atoms with E-state index in [1.807, 2.05) is 40.1 Å². The Labute approximate surface area is 248 Å². The van der Waals surface area contributed by atoms with E-state index in [0.717, 1.165) is 34.2 Å². The van der Waals surface area contributed by atoms with E-state index >= 15 is 0 Å². The van der Waals surface area contributed by atoms with Gasteiger partial charge in [-0.3, -0.25) is 14.6 Å². The van der Waals surface area contributed by atoms with Crippen molar-refractivity contribution in [2.24, 2.45) is 4.99 Å². The van der Waals surface area contributed by atoms with Crippen LogP contribution in [0, 0.1) is 13.8 Å². The lowest BCUT2D eigenvalue weighted by molar-refractivity contribution is -0.274. The Hall–Kier alpha value is -3.75. The second-order valence-corrected chi connectivity index (χ2v) is 12.8. The Morgan fingerprint density at radius 1 is 1.12 bits per heavy atom. The number of nitrogens with one attached hydrogen (secondary N) is 1. The molecule has 0 saturated carbocycles. The number of amides is 2. The van der Waals surface area contributed by atoms with Gasteiger partial charge in [-0.1, -0.05) is 12.1 Å². The van der Waals surface area contributed by atoms with Crippen molar-refractivity contribution in [1.29, 1.82) is 0 Å². The van der Waals surface area contributed by atoms with Gasteiger partial charge in [0.15, 0.2) is 0 Å². The Bertz CT molecular complexity index is 1560. The first-order chi connectivity index (χ1) is 20.0. The molecule has 2 heterocycles. The summed E-state index contributed by atoms with van der Waals surface area (Å²) in [5.41, 5.74) is 2.06. The first-order valence-corrected chi connectivity index (χ1v) is 15.0. The molecule has 2 aromatic rings. The number of amidine groups is 1. The fraction of sp³-hybridized carbons (Fsp3) is 0.414. The van der Waals surface area contributed by atoms with Gasteiger partial charge in [0, 0.05) is 36.8 Å². The van der Waals surface area contributed by atoms with E-state index in [0.29, 0.717) is 5.69 Å². The number of alkyl halides is 3. The van der Waals surface area contributed by atoms with Crippen molar-refractivity contribution < 1.29 is 35.9 Å². The number of hydrogen-bond acceptors (Lipinski definition) is 7. The zero-order chi connectivity index (χ0) is 31.7. The first kappa shape index (κ1) is 32.2. The summed E-state index contributed by atoms with van der Waals surface area (Å²) in [4.78, 5) is 33.2. The molecule has 0 aliphatic carbocycles. The van der Waals surface area contributed by atoms with E-state index in [-0.39, 0.29) is 49.8 Å². The largest absolute Gasteiger partial charge is 0.573 e. The fourth-order valence-corrected chi connectivity index (χ4v) is 6.28. The van der Waals surface area contributed by atoms with Gasteiger partial charge < -0.3 is 19.9 Å². The summed E-state index contributed by atoms with van der Waals surface area (Å²) in [6, 6.07) is 8.79. The quantitative estimate of drug-likeness (QED) is 0.484. The lowest BCUT2D eigenvalue weighted by atomic mass is 9.89. The number of piperidine rings is 1. The summed E-state index contributed by atoms with van der Waals surface area (Å²) in [6.45, 7) is 4.01. The van der Waals surface area contributed by atoms with Crippen LogP contribution in [0.5, 0.6) is 5.75 Å². The molecule has 1 saturated heterocycles. The number of likely N-dealkylation sites (N-methyl/N-ethyl adjacent to an activating group) is 2. The van der Waals surface area contributed by atoms with Crippen molar-refractivity contribution in [1.82, 2.24) is 14.5 Å². The minimum Gasteiger partial charge on any atom is -0.406 e. The van der Waals surface area contributed by atoms with Crippen LogP contribution in [0.3, 0.4) is 0 Å². The monoisotopic (exact) mass is 621 g/mol.